The van der Waals surface area contributed by atoms with E-state index in [9.17, 15) is 4.79 Å². The Morgan fingerprint density at radius 2 is 2.14 bits per heavy atom. The van der Waals surface area contributed by atoms with Gasteiger partial charge in [0.15, 0.2) is 5.78 Å². The molecule has 0 saturated heterocycles. The van der Waals surface area contributed by atoms with Crippen LogP contribution in [0.5, 0.6) is 0 Å². The van der Waals surface area contributed by atoms with Gasteiger partial charge in [0.1, 0.15) is 0 Å². The largest absolute Gasteiger partial charge is 0.348 e. The Morgan fingerprint density at radius 3 is 2.71 bits per heavy atom. The monoisotopic (exact) mass is 193 g/mol. The summed E-state index contributed by atoms with van der Waals surface area (Å²) in [5.74, 6) is 0.272. The summed E-state index contributed by atoms with van der Waals surface area (Å²) in [5.41, 5.74) is 0.835. The summed E-state index contributed by atoms with van der Waals surface area (Å²) in [6.07, 6.45) is 7.26. The zero-order valence-corrected chi connectivity index (χ0v) is 9.12. The molecule has 1 aromatic rings. The summed E-state index contributed by atoms with van der Waals surface area (Å²) in [4.78, 5) is 11.7. The highest BCUT2D eigenvalue weighted by molar-refractivity contribution is 5.94. The van der Waals surface area contributed by atoms with Gasteiger partial charge in [0, 0.05) is 19.7 Å². The van der Waals surface area contributed by atoms with Crippen LogP contribution in [0.1, 0.15) is 49.5 Å². The van der Waals surface area contributed by atoms with Crippen molar-refractivity contribution < 1.29 is 4.79 Å². The van der Waals surface area contributed by atoms with Crippen LogP contribution in [0.2, 0.25) is 0 Å². The number of aryl methyl sites for hydroxylation is 1. The summed E-state index contributed by atoms with van der Waals surface area (Å²) in [6.45, 7) is 2.18. The third-order valence-corrected chi connectivity index (χ3v) is 2.49. The zero-order valence-electron chi connectivity index (χ0n) is 9.12. The van der Waals surface area contributed by atoms with Gasteiger partial charge in [0.2, 0.25) is 0 Å². The fourth-order valence-electron chi connectivity index (χ4n) is 1.59. The van der Waals surface area contributed by atoms with Crippen molar-refractivity contribution in [2.24, 2.45) is 7.05 Å². The summed E-state index contributed by atoms with van der Waals surface area (Å²) in [7, 11) is 1.92. The van der Waals surface area contributed by atoms with E-state index < -0.39 is 0 Å². The lowest BCUT2D eigenvalue weighted by Crippen LogP contribution is -2.04. The van der Waals surface area contributed by atoms with E-state index in [-0.39, 0.29) is 5.78 Å². The first-order valence-corrected chi connectivity index (χ1v) is 5.40. The van der Waals surface area contributed by atoms with E-state index >= 15 is 0 Å². The van der Waals surface area contributed by atoms with Crippen molar-refractivity contribution in [2.75, 3.05) is 0 Å². The van der Waals surface area contributed by atoms with Crippen molar-refractivity contribution in [2.45, 2.75) is 39.0 Å². The number of carbonyl (C=O) groups excluding carboxylic acids is 1. The quantitative estimate of drug-likeness (QED) is 0.502. The number of hydrogen-bond acceptors (Lipinski definition) is 1. The molecular weight excluding hydrogens is 174 g/mol. The molecule has 0 radical (unpaired) electrons. The predicted molar refractivity (Wildman–Crippen MR) is 58.5 cm³/mol. The van der Waals surface area contributed by atoms with E-state index in [1.807, 2.05) is 29.9 Å². The average Bonchev–Trinajstić information content (AvgIpc) is 2.59. The van der Waals surface area contributed by atoms with E-state index in [4.69, 9.17) is 0 Å². The molecule has 0 bridgehead atoms. The Hall–Kier alpha value is -1.05. The highest BCUT2D eigenvalue weighted by Crippen LogP contribution is 2.09. The number of ketones is 1. The molecule has 14 heavy (non-hydrogen) atoms. The first-order chi connectivity index (χ1) is 6.75. The molecule has 1 rings (SSSR count). The van der Waals surface area contributed by atoms with Crippen molar-refractivity contribution in [3.05, 3.63) is 24.0 Å². The highest BCUT2D eigenvalue weighted by Gasteiger charge is 2.07. The highest BCUT2D eigenvalue weighted by atomic mass is 16.1. The van der Waals surface area contributed by atoms with E-state index in [1.54, 1.807) is 0 Å². The van der Waals surface area contributed by atoms with Gasteiger partial charge >= 0.3 is 0 Å². The molecular formula is C12H19NO. The van der Waals surface area contributed by atoms with E-state index in [2.05, 4.69) is 6.92 Å². The number of nitrogens with zero attached hydrogens (tertiary/aromatic N) is 1. The molecule has 2 nitrogen and oxygen atoms in total. The minimum absolute atomic E-state index is 0.272. The number of carbonyl (C=O) groups is 1. The van der Waals surface area contributed by atoms with Crippen LogP contribution in [0.25, 0.3) is 0 Å². The molecule has 0 amide bonds. The van der Waals surface area contributed by atoms with E-state index in [0.29, 0.717) is 6.42 Å². The number of hydrogen-bond donors (Lipinski definition) is 0. The standard InChI is InChI=1S/C12H19NO/c1-3-4-5-6-9-12(14)11-8-7-10-13(11)2/h7-8,10H,3-6,9H2,1-2H3. The predicted octanol–water partition coefficient (Wildman–Crippen LogP) is 3.18. The van der Waals surface area contributed by atoms with Crippen molar-refractivity contribution in [3.63, 3.8) is 0 Å². The van der Waals surface area contributed by atoms with Crippen LogP contribution in [-0.2, 0) is 7.05 Å². The number of Topliss-reactive ketones (excluding diaryl/α,β-unsaturated/α-hetero) is 1. The van der Waals surface area contributed by atoms with Crippen LogP contribution in [0.15, 0.2) is 18.3 Å². The number of unbranched alkanes of at least 4 members (excludes halogenated alkanes) is 3. The van der Waals surface area contributed by atoms with Gasteiger partial charge in [-0.3, -0.25) is 4.79 Å². The van der Waals surface area contributed by atoms with Crippen molar-refractivity contribution in [1.29, 1.82) is 0 Å². The van der Waals surface area contributed by atoms with E-state index in [0.717, 1.165) is 12.1 Å². The maximum absolute atomic E-state index is 11.7. The van der Waals surface area contributed by atoms with Crippen LogP contribution in [-0.4, -0.2) is 10.4 Å². The molecule has 2 heteroatoms. The smallest absolute Gasteiger partial charge is 0.179 e. The number of aromatic nitrogens is 1. The van der Waals surface area contributed by atoms with Gasteiger partial charge in [-0.25, -0.2) is 0 Å². The second-order valence-electron chi connectivity index (χ2n) is 3.74. The fourth-order valence-corrected chi connectivity index (χ4v) is 1.59. The summed E-state index contributed by atoms with van der Waals surface area (Å²) < 4.78 is 1.89. The van der Waals surface area contributed by atoms with Crippen molar-refractivity contribution in [1.82, 2.24) is 4.57 Å². The second kappa shape index (κ2) is 5.63. The molecule has 0 unspecified atom stereocenters. The molecule has 0 saturated carbocycles. The first-order valence-electron chi connectivity index (χ1n) is 5.40. The molecule has 78 valence electrons. The normalized spacial score (nSPS) is 10.4. The van der Waals surface area contributed by atoms with Gasteiger partial charge in [-0.2, -0.15) is 0 Å². The van der Waals surface area contributed by atoms with Gasteiger partial charge in [-0.05, 0) is 18.6 Å². The molecule has 0 aromatic carbocycles. The van der Waals surface area contributed by atoms with Crippen LogP contribution >= 0.6 is 0 Å². The summed E-state index contributed by atoms with van der Waals surface area (Å²) >= 11 is 0. The Morgan fingerprint density at radius 1 is 1.36 bits per heavy atom. The lowest BCUT2D eigenvalue weighted by molar-refractivity contribution is 0.0971. The zero-order chi connectivity index (χ0) is 10.4. The van der Waals surface area contributed by atoms with Crippen molar-refractivity contribution >= 4 is 5.78 Å². The Labute approximate surface area is 85.9 Å². The maximum atomic E-state index is 11.7. The molecule has 0 N–H and O–H groups in total. The molecule has 0 aliphatic heterocycles. The fraction of sp³-hybridized carbons (Fsp3) is 0.583. The Balaban J connectivity index is 2.32. The SMILES string of the molecule is CCCCCCC(=O)c1cccn1C. The average molecular weight is 193 g/mol. The molecule has 0 atom stereocenters. The van der Waals surface area contributed by atoms with Crippen LogP contribution < -0.4 is 0 Å². The summed E-state index contributed by atoms with van der Waals surface area (Å²) in [5, 5.41) is 0. The summed E-state index contributed by atoms with van der Waals surface area (Å²) in [6, 6.07) is 3.81. The molecule has 0 fully saturated rings. The maximum Gasteiger partial charge on any atom is 0.179 e. The van der Waals surface area contributed by atoms with Crippen LogP contribution in [0.3, 0.4) is 0 Å². The van der Waals surface area contributed by atoms with Gasteiger partial charge in [-0.15, -0.1) is 0 Å². The number of rotatable bonds is 6. The third kappa shape index (κ3) is 3.02. The lowest BCUT2D eigenvalue weighted by Gasteiger charge is -2.02. The van der Waals surface area contributed by atoms with Crippen LogP contribution in [0, 0.1) is 0 Å². The molecule has 0 aliphatic carbocycles. The van der Waals surface area contributed by atoms with Gasteiger partial charge < -0.3 is 4.57 Å². The van der Waals surface area contributed by atoms with Crippen LogP contribution in [0.4, 0.5) is 0 Å². The first kappa shape index (κ1) is 11.0. The van der Waals surface area contributed by atoms with Gasteiger partial charge in [0.05, 0.1) is 5.69 Å². The lowest BCUT2D eigenvalue weighted by atomic mass is 10.1. The third-order valence-electron chi connectivity index (χ3n) is 2.49. The molecule has 1 heterocycles. The second-order valence-corrected chi connectivity index (χ2v) is 3.74. The Kier molecular flexibility index (Phi) is 4.44. The topological polar surface area (TPSA) is 22.0 Å². The Bertz CT molecular complexity index is 288. The minimum atomic E-state index is 0.272. The molecule has 0 spiro atoms. The molecule has 0 aliphatic rings. The minimum Gasteiger partial charge on any atom is -0.348 e. The van der Waals surface area contributed by atoms with Crippen molar-refractivity contribution in [3.8, 4) is 0 Å². The van der Waals surface area contributed by atoms with Gasteiger partial charge in [-0.1, -0.05) is 26.2 Å². The van der Waals surface area contributed by atoms with E-state index in [1.165, 1.54) is 19.3 Å². The molecule has 1 aromatic heterocycles. The van der Waals surface area contributed by atoms with Gasteiger partial charge in [0.25, 0.3) is 0 Å².